The molecule has 32 heavy (non-hydrogen) atoms. The topological polar surface area (TPSA) is 65.8 Å². The van der Waals surface area contributed by atoms with Gasteiger partial charge in [-0.05, 0) is 61.4 Å². The lowest BCUT2D eigenvalue weighted by Crippen LogP contribution is -2.35. The fraction of sp³-hybridized carbons (Fsp3) is 0.435. The van der Waals surface area contributed by atoms with Gasteiger partial charge in [0.1, 0.15) is 17.5 Å². The summed E-state index contributed by atoms with van der Waals surface area (Å²) < 4.78 is 30.3. The van der Waals surface area contributed by atoms with Gasteiger partial charge in [-0.3, -0.25) is 5.32 Å². The third kappa shape index (κ3) is 2.87. The molecule has 0 radical (unpaired) electrons. The molecule has 166 valence electrons. The molecule has 1 aromatic carbocycles. The number of likely N-dealkylation sites (tertiary alicyclic amines) is 1. The standard InChI is InChI=1S/C23H24F2N6O/c1-14-6-8-29(13-14)22(32)27-21-12-26-19-4-5-20(28-31(19)21)30-9-7-15-11-23(15,30)17-10-16(24)2-3-18(17)25/h2-5,10,12,14-15H,6-9,11,13H2,1H3,(H,27,32)/t14-,15-,23+/m0/s1. The van der Waals surface area contributed by atoms with Crippen LogP contribution in [0.5, 0.6) is 0 Å². The normalized spacial score (nSPS) is 26.6. The maximum absolute atomic E-state index is 14.7. The molecule has 0 unspecified atom stereocenters. The van der Waals surface area contributed by atoms with E-state index in [0.717, 1.165) is 38.4 Å². The van der Waals surface area contributed by atoms with E-state index in [9.17, 15) is 13.6 Å². The molecule has 6 rings (SSSR count). The maximum atomic E-state index is 14.7. The highest BCUT2D eigenvalue weighted by atomic mass is 19.1. The van der Waals surface area contributed by atoms with Gasteiger partial charge >= 0.3 is 6.03 Å². The Labute approximate surface area is 184 Å². The van der Waals surface area contributed by atoms with Gasteiger partial charge in [-0.2, -0.15) is 4.52 Å². The molecular weight excluding hydrogens is 414 g/mol. The highest BCUT2D eigenvalue weighted by Crippen LogP contribution is 2.63. The van der Waals surface area contributed by atoms with Crippen molar-refractivity contribution in [2.24, 2.45) is 11.8 Å². The highest BCUT2D eigenvalue weighted by molar-refractivity contribution is 5.89. The Morgan fingerprint density at radius 3 is 2.84 bits per heavy atom. The van der Waals surface area contributed by atoms with Crippen LogP contribution >= 0.6 is 0 Å². The van der Waals surface area contributed by atoms with E-state index in [1.807, 2.05) is 12.1 Å². The molecule has 2 aliphatic heterocycles. The Kier molecular flexibility index (Phi) is 4.18. The van der Waals surface area contributed by atoms with Crippen LogP contribution in [0.3, 0.4) is 0 Å². The number of aromatic nitrogens is 3. The summed E-state index contributed by atoms with van der Waals surface area (Å²) in [7, 11) is 0. The molecule has 4 heterocycles. The largest absolute Gasteiger partial charge is 0.345 e. The number of rotatable bonds is 3. The molecule has 7 nitrogen and oxygen atoms in total. The van der Waals surface area contributed by atoms with Crippen LogP contribution in [-0.4, -0.2) is 45.2 Å². The van der Waals surface area contributed by atoms with Gasteiger partial charge < -0.3 is 9.80 Å². The van der Waals surface area contributed by atoms with Crippen LogP contribution in [0.1, 0.15) is 31.7 Å². The zero-order chi connectivity index (χ0) is 22.0. The highest BCUT2D eigenvalue weighted by Gasteiger charge is 2.64. The Hall–Kier alpha value is -3.23. The van der Waals surface area contributed by atoms with Crippen molar-refractivity contribution in [3.05, 3.63) is 53.7 Å². The third-order valence-electron chi connectivity index (χ3n) is 7.22. The summed E-state index contributed by atoms with van der Waals surface area (Å²) in [6.45, 7) is 4.31. The summed E-state index contributed by atoms with van der Waals surface area (Å²) in [6.07, 6.45) is 4.26. The van der Waals surface area contributed by atoms with Gasteiger partial charge in [-0.1, -0.05) is 6.92 Å². The van der Waals surface area contributed by atoms with E-state index in [1.54, 1.807) is 15.6 Å². The first-order valence-corrected chi connectivity index (χ1v) is 11.1. The van der Waals surface area contributed by atoms with E-state index in [2.05, 4.69) is 22.1 Å². The molecule has 1 aliphatic carbocycles. The summed E-state index contributed by atoms with van der Waals surface area (Å²) in [6, 6.07) is 7.19. The summed E-state index contributed by atoms with van der Waals surface area (Å²) in [5, 5.41) is 7.66. The predicted octanol–water partition coefficient (Wildman–Crippen LogP) is 4.01. The number of carbonyl (C=O) groups excluding carboxylic acids is 1. The van der Waals surface area contributed by atoms with E-state index in [4.69, 9.17) is 5.10 Å². The number of urea groups is 1. The summed E-state index contributed by atoms with van der Waals surface area (Å²) in [5.41, 5.74) is 0.434. The van der Waals surface area contributed by atoms with Gasteiger partial charge in [-0.25, -0.2) is 18.6 Å². The van der Waals surface area contributed by atoms with E-state index >= 15 is 0 Å². The molecule has 2 aromatic heterocycles. The molecular formula is C23H24F2N6O. The SMILES string of the molecule is C[C@H]1CCN(C(=O)Nc2cnc3ccc(N4CC[C@H]5C[C@]54c4cc(F)ccc4F)nn23)C1. The van der Waals surface area contributed by atoms with Gasteiger partial charge in [0.2, 0.25) is 0 Å². The predicted molar refractivity (Wildman–Crippen MR) is 115 cm³/mol. The summed E-state index contributed by atoms with van der Waals surface area (Å²) in [5.74, 6) is 1.09. The smallest absolute Gasteiger partial charge is 0.323 e. The Morgan fingerprint density at radius 2 is 2.06 bits per heavy atom. The van der Waals surface area contributed by atoms with Gasteiger partial charge in [0.25, 0.3) is 0 Å². The van der Waals surface area contributed by atoms with Crippen molar-refractivity contribution in [2.45, 2.75) is 31.7 Å². The van der Waals surface area contributed by atoms with Crippen LogP contribution in [0, 0.1) is 23.5 Å². The quantitative estimate of drug-likeness (QED) is 0.671. The number of anilines is 2. The third-order valence-corrected chi connectivity index (χ3v) is 7.22. The average Bonchev–Trinajstić information content (AvgIpc) is 3.10. The number of carbonyl (C=O) groups is 1. The number of halogens is 2. The van der Waals surface area contributed by atoms with Crippen LogP contribution < -0.4 is 10.2 Å². The zero-order valence-electron chi connectivity index (χ0n) is 17.8. The Bertz CT molecular complexity index is 1230. The Balaban J connectivity index is 1.33. The zero-order valence-corrected chi connectivity index (χ0v) is 17.8. The molecule has 2 saturated heterocycles. The molecule has 2 amide bonds. The molecule has 9 heteroatoms. The van der Waals surface area contributed by atoms with Gasteiger partial charge in [0.05, 0.1) is 11.7 Å². The number of piperidine rings is 1. The minimum atomic E-state index is -0.567. The number of amides is 2. The van der Waals surface area contributed by atoms with Crippen LogP contribution in [0.2, 0.25) is 0 Å². The number of hydrogen-bond acceptors (Lipinski definition) is 4. The first kappa shape index (κ1) is 19.5. The summed E-state index contributed by atoms with van der Waals surface area (Å²) in [4.78, 5) is 20.9. The molecule has 3 aliphatic rings. The second-order valence-electron chi connectivity index (χ2n) is 9.26. The van der Waals surface area contributed by atoms with Crippen molar-refractivity contribution in [1.82, 2.24) is 19.5 Å². The minimum Gasteiger partial charge on any atom is -0.345 e. The fourth-order valence-corrected chi connectivity index (χ4v) is 5.50. The van der Waals surface area contributed by atoms with Crippen molar-refractivity contribution in [1.29, 1.82) is 0 Å². The molecule has 3 fully saturated rings. The van der Waals surface area contributed by atoms with Crippen molar-refractivity contribution in [3.8, 4) is 0 Å². The first-order chi connectivity index (χ1) is 15.5. The van der Waals surface area contributed by atoms with Crippen LogP contribution in [0.25, 0.3) is 5.65 Å². The first-order valence-electron chi connectivity index (χ1n) is 11.1. The van der Waals surface area contributed by atoms with E-state index < -0.39 is 17.2 Å². The number of fused-ring (bicyclic) bond motifs is 2. The number of imidazole rings is 1. The van der Waals surface area contributed by atoms with Gasteiger partial charge in [-0.15, -0.1) is 5.10 Å². The Morgan fingerprint density at radius 1 is 1.19 bits per heavy atom. The lowest BCUT2D eigenvalue weighted by Gasteiger charge is -2.30. The lowest BCUT2D eigenvalue weighted by atomic mass is 10.0. The fourth-order valence-electron chi connectivity index (χ4n) is 5.50. The monoisotopic (exact) mass is 438 g/mol. The van der Waals surface area contributed by atoms with Crippen molar-refractivity contribution < 1.29 is 13.6 Å². The van der Waals surface area contributed by atoms with Crippen molar-refractivity contribution in [2.75, 3.05) is 29.9 Å². The van der Waals surface area contributed by atoms with Crippen molar-refractivity contribution >= 4 is 23.3 Å². The molecule has 1 N–H and O–H groups in total. The minimum absolute atomic E-state index is 0.162. The van der Waals surface area contributed by atoms with Crippen LogP contribution in [0.15, 0.2) is 36.5 Å². The molecule has 3 atom stereocenters. The van der Waals surface area contributed by atoms with E-state index in [0.29, 0.717) is 35.3 Å². The van der Waals surface area contributed by atoms with E-state index in [1.165, 1.54) is 12.1 Å². The number of nitrogens with one attached hydrogen (secondary N) is 1. The van der Waals surface area contributed by atoms with Gasteiger partial charge in [0, 0.05) is 25.2 Å². The van der Waals surface area contributed by atoms with Gasteiger partial charge in [0.15, 0.2) is 11.5 Å². The van der Waals surface area contributed by atoms with Crippen LogP contribution in [-0.2, 0) is 5.54 Å². The number of nitrogens with zero attached hydrogens (tertiary/aromatic N) is 5. The second-order valence-corrected chi connectivity index (χ2v) is 9.26. The second kappa shape index (κ2) is 6.88. The lowest BCUT2D eigenvalue weighted by molar-refractivity contribution is 0.221. The maximum Gasteiger partial charge on any atom is 0.323 e. The molecule has 1 saturated carbocycles. The molecule has 0 bridgehead atoms. The average molecular weight is 438 g/mol. The molecule has 3 aromatic rings. The van der Waals surface area contributed by atoms with E-state index in [-0.39, 0.29) is 11.9 Å². The van der Waals surface area contributed by atoms with Crippen molar-refractivity contribution in [3.63, 3.8) is 0 Å². The number of hydrogen-bond donors (Lipinski definition) is 1. The summed E-state index contributed by atoms with van der Waals surface area (Å²) >= 11 is 0. The van der Waals surface area contributed by atoms with Crippen LogP contribution in [0.4, 0.5) is 25.2 Å². The number of benzene rings is 1. The molecule has 0 spiro atoms.